The molecule has 138 valence electrons. The van der Waals surface area contributed by atoms with Crippen molar-refractivity contribution in [2.75, 3.05) is 12.4 Å². The number of imidazole rings is 1. The van der Waals surface area contributed by atoms with Crippen LogP contribution in [0.2, 0.25) is 0 Å². The molecule has 4 rings (SSSR count). The average molecular weight is 365 g/mol. The second-order valence-electron chi connectivity index (χ2n) is 6.76. The van der Waals surface area contributed by atoms with Gasteiger partial charge in [-0.3, -0.25) is 14.2 Å². The zero-order valence-corrected chi connectivity index (χ0v) is 15.3. The number of hydrogen-bond donors (Lipinski definition) is 2. The highest BCUT2D eigenvalue weighted by atomic mass is 16.5. The molecule has 27 heavy (non-hydrogen) atoms. The van der Waals surface area contributed by atoms with Crippen LogP contribution in [0, 0.1) is 13.8 Å². The molecule has 7 heteroatoms. The van der Waals surface area contributed by atoms with E-state index in [0.717, 1.165) is 27.8 Å². The van der Waals surface area contributed by atoms with E-state index in [1.807, 2.05) is 38.1 Å². The molecule has 0 bridgehead atoms. The number of H-pyrrole nitrogens is 1. The molecule has 0 unspecified atom stereocenters. The molecule has 1 amide bonds. The fraction of sp³-hybridized carbons (Fsp3) is 0.250. The van der Waals surface area contributed by atoms with Crippen molar-refractivity contribution in [3.63, 3.8) is 0 Å². The van der Waals surface area contributed by atoms with Crippen LogP contribution in [0.5, 0.6) is 0 Å². The predicted molar refractivity (Wildman–Crippen MR) is 102 cm³/mol. The van der Waals surface area contributed by atoms with Gasteiger partial charge >= 0.3 is 11.7 Å². The Kier molecular flexibility index (Phi) is 3.87. The number of nitrogens with zero attached hydrogens (tertiary/aromatic N) is 1. The summed E-state index contributed by atoms with van der Waals surface area (Å²) in [5, 5.41) is 2.85. The number of ether oxygens (including phenoxy) is 1. The Bertz CT molecular complexity index is 1150. The molecular weight excluding hydrogens is 346 g/mol. The maximum absolute atomic E-state index is 12.5. The molecule has 3 aromatic rings. The highest BCUT2D eigenvalue weighted by Crippen LogP contribution is 2.40. The van der Waals surface area contributed by atoms with Gasteiger partial charge in [-0.2, -0.15) is 0 Å². The zero-order chi connectivity index (χ0) is 19.3. The number of aromatic amines is 1. The number of benzene rings is 2. The van der Waals surface area contributed by atoms with Gasteiger partial charge in [0.1, 0.15) is 6.54 Å². The van der Waals surface area contributed by atoms with Crippen LogP contribution >= 0.6 is 0 Å². The summed E-state index contributed by atoms with van der Waals surface area (Å²) in [7, 11) is 1.34. The molecular formula is C20H19N3O4. The molecule has 0 spiro atoms. The van der Waals surface area contributed by atoms with Crippen LogP contribution in [0.1, 0.15) is 16.7 Å². The maximum Gasteiger partial charge on any atom is 0.327 e. The Labute approximate surface area is 155 Å². The summed E-state index contributed by atoms with van der Waals surface area (Å²) in [6.45, 7) is 3.81. The largest absolute Gasteiger partial charge is 0.469 e. The average Bonchev–Trinajstić information content (AvgIpc) is 2.97. The molecule has 1 aromatic heterocycles. The lowest BCUT2D eigenvalue weighted by molar-refractivity contribution is -0.139. The molecule has 0 aliphatic carbocycles. The Hall–Kier alpha value is -3.35. The van der Waals surface area contributed by atoms with Crippen molar-refractivity contribution in [1.29, 1.82) is 0 Å². The van der Waals surface area contributed by atoms with E-state index < -0.39 is 0 Å². The molecule has 1 aliphatic rings. The highest BCUT2D eigenvalue weighted by molar-refractivity contribution is 6.10. The number of aromatic nitrogens is 2. The lowest BCUT2D eigenvalue weighted by Crippen LogP contribution is -2.30. The van der Waals surface area contributed by atoms with Crippen molar-refractivity contribution in [2.24, 2.45) is 0 Å². The number of methoxy groups -OCH3 is 1. The summed E-state index contributed by atoms with van der Waals surface area (Å²) in [4.78, 5) is 39.5. The Morgan fingerprint density at radius 1 is 1.19 bits per heavy atom. The van der Waals surface area contributed by atoms with E-state index in [2.05, 4.69) is 10.3 Å². The van der Waals surface area contributed by atoms with Gasteiger partial charge in [0.2, 0.25) is 5.91 Å². The Balaban J connectivity index is 2.12. The molecule has 0 fully saturated rings. The minimum absolute atomic E-state index is 0.0328. The highest BCUT2D eigenvalue weighted by Gasteiger charge is 2.28. The van der Waals surface area contributed by atoms with E-state index in [-0.39, 0.29) is 30.5 Å². The van der Waals surface area contributed by atoms with Gasteiger partial charge in [0.05, 0.1) is 30.3 Å². The summed E-state index contributed by atoms with van der Waals surface area (Å²) in [6.07, 6.45) is 0.0393. The quantitative estimate of drug-likeness (QED) is 0.697. The number of esters is 1. The van der Waals surface area contributed by atoms with Gasteiger partial charge in [0.25, 0.3) is 0 Å². The SMILES string of the molecule is COC(=O)Cc1c(C)c2c3c([nH]c(=O)n3CC(=O)N2)c1-c1ccc(C)cc1. The summed E-state index contributed by atoms with van der Waals surface area (Å²) >= 11 is 0. The maximum atomic E-state index is 12.5. The summed E-state index contributed by atoms with van der Waals surface area (Å²) in [6, 6.07) is 7.89. The van der Waals surface area contributed by atoms with E-state index in [9.17, 15) is 14.4 Å². The number of anilines is 1. The van der Waals surface area contributed by atoms with Crippen LogP contribution in [0.15, 0.2) is 29.1 Å². The smallest absolute Gasteiger partial charge is 0.327 e. The first-order chi connectivity index (χ1) is 12.9. The van der Waals surface area contributed by atoms with E-state index >= 15 is 0 Å². The fourth-order valence-corrected chi connectivity index (χ4v) is 3.68. The zero-order valence-electron chi connectivity index (χ0n) is 15.3. The number of aryl methyl sites for hydroxylation is 1. The molecule has 2 heterocycles. The lowest BCUT2D eigenvalue weighted by Gasteiger charge is -2.22. The van der Waals surface area contributed by atoms with Gasteiger partial charge in [-0.05, 0) is 30.5 Å². The van der Waals surface area contributed by atoms with E-state index in [4.69, 9.17) is 4.74 Å². The van der Waals surface area contributed by atoms with Crippen molar-refractivity contribution in [2.45, 2.75) is 26.8 Å². The number of amides is 1. The number of carbonyl (C=O) groups is 2. The van der Waals surface area contributed by atoms with Crippen LogP contribution in [0.25, 0.3) is 22.2 Å². The standard InChI is InChI=1S/C20H19N3O4/c1-10-4-6-12(7-5-10)16-13(8-15(25)27-3)11(2)17-19-18(16)22-20(26)23(19)9-14(24)21-17/h4-7H,8-9H2,1-3H3,(H,21,24)(H,22,26). The molecule has 0 radical (unpaired) electrons. The number of rotatable bonds is 3. The molecule has 2 aromatic carbocycles. The molecule has 0 saturated carbocycles. The van der Waals surface area contributed by atoms with Gasteiger partial charge in [-0.15, -0.1) is 0 Å². The number of nitrogens with one attached hydrogen (secondary N) is 2. The third-order valence-corrected chi connectivity index (χ3v) is 5.06. The van der Waals surface area contributed by atoms with Crippen molar-refractivity contribution in [3.8, 4) is 11.1 Å². The third kappa shape index (κ3) is 2.63. The van der Waals surface area contributed by atoms with Crippen LogP contribution in [0.4, 0.5) is 5.69 Å². The first-order valence-corrected chi connectivity index (χ1v) is 8.62. The first-order valence-electron chi connectivity index (χ1n) is 8.62. The lowest BCUT2D eigenvalue weighted by atomic mass is 9.90. The van der Waals surface area contributed by atoms with Crippen molar-refractivity contribution >= 4 is 28.6 Å². The van der Waals surface area contributed by atoms with Crippen LogP contribution < -0.4 is 11.0 Å². The predicted octanol–water partition coefficient (Wildman–Crippen LogP) is 2.28. The van der Waals surface area contributed by atoms with Gasteiger partial charge < -0.3 is 15.0 Å². The van der Waals surface area contributed by atoms with E-state index in [0.29, 0.717) is 16.7 Å². The molecule has 7 nitrogen and oxygen atoms in total. The van der Waals surface area contributed by atoms with Crippen LogP contribution in [-0.2, 0) is 27.3 Å². The van der Waals surface area contributed by atoms with Gasteiger partial charge in [0.15, 0.2) is 0 Å². The Morgan fingerprint density at radius 3 is 2.56 bits per heavy atom. The van der Waals surface area contributed by atoms with E-state index in [1.165, 1.54) is 11.7 Å². The number of hydrogen-bond acceptors (Lipinski definition) is 4. The molecule has 2 N–H and O–H groups in total. The monoisotopic (exact) mass is 365 g/mol. The molecule has 1 aliphatic heterocycles. The van der Waals surface area contributed by atoms with Crippen LogP contribution in [0.3, 0.4) is 0 Å². The first kappa shape index (κ1) is 17.1. The van der Waals surface area contributed by atoms with Crippen molar-refractivity contribution in [1.82, 2.24) is 9.55 Å². The normalized spacial score (nSPS) is 12.9. The summed E-state index contributed by atoms with van der Waals surface area (Å²) in [5.74, 6) is -0.650. The second-order valence-corrected chi connectivity index (χ2v) is 6.76. The van der Waals surface area contributed by atoms with E-state index in [1.54, 1.807) is 0 Å². The minimum atomic E-state index is -0.387. The van der Waals surface area contributed by atoms with Crippen LogP contribution in [-0.4, -0.2) is 28.5 Å². The number of carbonyl (C=O) groups excluding carboxylic acids is 2. The fourth-order valence-electron chi connectivity index (χ4n) is 3.68. The summed E-state index contributed by atoms with van der Waals surface area (Å²) in [5.41, 5.74) is 5.75. The summed E-state index contributed by atoms with van der Waals surface area (Å²) < 4.78 is 6.31. The molecule has 0 saturated heterocycles. The van der Waals surface area contributed by atoms with Crippen molar-refractivity contribution in [3.05, 3.63) is 51.4 Å². The van der Waals surface area contributed by atoms with Gasteiger partial charge in [0, 0.05) is 5.56 Å². The molecule has 0 atom stereocenters. The third-order valence-electron chi connectivity index (χ3n) is 5.06. The topological polar surface area (TPSA) is 93.2 Å². The second kappa shape index (κ2) is 6.12. The van der Waals surface area contributed by atoms with Gasteiger partial charge in [-0.25, -0.2) is 4.79 Å². The van der Waals surface area contributed by atoms with Crippen molar-refractivity contribution < 1.29 is 14.3 Å². The van der Waals surface area contributed by atoms with Gasteiger partial charge in [-0.1, -0.05) is 29.8 Å². The minimum Gasteiger partial charge on any atom is -0.469 e. The Morgan fingerprint density at radius 2 is 1.89 bits per heavy atom.